The number of halogens is 2. The molecule has 1 aromatic heterocycles. The van der Waals surface area contributed by atoms with Gasteiger partial charge in [0.05, 0.1) is 11.4 Å². The van der Waals surface area contributed by atoms with Crippen LogP contribution < -0.4 is 10.1 Å². The van der Waals surface area contributed by atoms with Crippen molar-refractivity contribution in [3.05, 3.63) is 63.7 Å². The number of amides is 1. The van der Waals surface area contributed by atoms with Crippen LogP contribution in [0, 0.1) is 19.7 Å². The van der Waals surface area contributed by atoms with Gasteiger partial charge in [0, 0.05) is 4.47 Å². The third-order valence-electron chi connectivity index (χ3n) is 3.89. The van der Waals surface area contributed by atoms with Crippen LogP contribution in [0.3, 0.4) is 0 Å². The van der Waals surface area contributed by atoms with E-state index >= 15 is 0 Å². The first-order chi connectivity index (χ1) is 13.4. The molecule has 1 heterocycles. The molecule has 2 aromatic carbocycles. The van der Waals surface area contributed by atoms with Gasteiger partial charge in [0.2, 0.25) is 5.91 Å². The molecule has 0 bridgehead atoms. The number of nitrogens with zero attached hydrogens (tertiary/aromatic N) is 2. The van der Waals surface area contributed by atoms with Gasteiger partial charge in [-0.25, -0.2) is 4.39 Å². The molecule has 9 heteroatoms. The zero-order valence-electron chi connectivity index (χ0n) is 15.2. The van der Waals surface area contributed by atoms with E-state index in [-0.39, 0.29) is 29.2 Å². The van der Waals surface area contributed by atoms with Gasteiger partial charge >= 0.3 is 0 Å². The molecule has 0 aliphatic heterocycles. The predicted molar refractivity (Wildman–Crippen MR) is 108 cm³/mol. The topological polar surface area (TPSA) is 77.2 Å². The summed E-state index contributed by atoms with van der Waals surface area (Å²) in [6, 6.07) is 10.2. The second kappa shape index (κ2) is 9.20. The van der Waals surface area contributed by atoms with Crippen LogP contribution in [0.25, 0.3) is 0 Å². The summed E-state index contributed by atoms with van der Waals surface area (Å²) in [4.78, 5) is 12.0. The molecule has 1 N–H and O–H groups in total. The molecule has 3 rings (SSSR count). The highest BCUT2D eigenvalue weighted by atomic mass is 79.9. The quantitative estimate of drug-likeness (QED) is 0.500. The number of aromatic nitrogens is 2. The Morgan fingerprint density at radius 3 is 2.89 bits per heavy atom. The van der Waals surface area contributed by atoms with Gasteiger partial charge in [-0.1, -0.05) is 39.8 Å². The third-order valence-corrected chi connectivity index (χ3v) is 5.20. The summed E-state index contributed by atoms with van der Waals surface area (Å²) >= 11 is 4.23. The fourth-order valence-corrected chi connectivity index (χ4v) is 3.19. The molecule has 0 aliphatic carbocycles. The van der Waals surface area contributed by atoms with Crippen LogP contribution in [0.1, 0.15) is 17.0 Å². The average Bonchev–Trinajstić information content (AvgIpc) is 3.11. The van der Waals surface area contributed by atoms with Crippen LogP contribution in [0.4, 0.5) is 10.1 Å². The van der Waals surface area contributed by atoms with Crippen molar-refractivity contribution < 1.29 is 18.3 Å². The van der Waals surface area contributed by atoms with Crippen LogP contribution in [0.15, 0.2) is 50.5 Å². The summed E-state index contributed by atoms with van der Waals surface area (Å²) in [5.41, 5.74) is 2.29. The van der Waals surface area contributed by atoms with Crippen LogP contribution in [-0.4, -0.2) is 21.9 Å². The van der Waals surface area contributed by atoms with E-state index in [1.54, 1.807) is 6.07 Å². The number of ether oxygens (including phenoxy) is 1. The van der Waals surface area contributed by atoms with Crippen molar-refractivity contribution in [2.24, 2.45) is 0 Å². The number of thioether (sulfide) groups is 1. The van der Waals surface area contributed by atoms with E-state index in [1.165, 1.54) is 12.1 Å². The first-order valence-electron chi connectivity index (χ1n) is 8.31. The number of nitrogens with one attached hydrogen (secondary N) is 1. The Morgan fingerprint density at radius 2 is 2.11 bits per heavy atom. The number of rotatable bonds is 7. The molecule has 0 radical (unpaired) electrons. The number of benzene rings is 2. The molecule has 28 heavy (non-hydrogen) atoms. The van der Waals surface area contributed by atoms with Crippen molar-refractivity contribution in [1.82, 2.24) is 10.2 Å². The van der Waals surface area contributed by atoms with E-state index in [0.29, 0.717) is 10.4 Å². The minimum Gasteiger partial charge on any atom is -0.484 e. The van der Waals surface area contributed by atoms with Crippen molar-refractivity contribution in [3.63, 3.8) is 0 Å². The van der Waals surface area contributed by atoms with Crippen molar-refractivity contribution in [3.8, 4) is 5.75 Å². The predicted octanol–water partition coefficient (Wildman–Crippen LogP) is 4.90. The van der Waals surface area contributed by atoms with Crippen LogP contribution in [0.5, 0.6) is 5.75 Å². The first-order valence-corrected chi connectivity index (χ1v) is 10.1. The van der Waals surface area contributed by atoms with E-state index in [0.717, 1.165) is 28.6 Å². The summed E-state index contributed by atoms with van der Waals surface area (Å²) < 4.78 is 25.5. The van der Waals surface area contributed by atoms with E-state index in [4.69, 9.17) is 9.15 Å². The molecule has 1 amide bonds. The van der Waals surface area contributed by atoms with Crippen molar-refractivity contribution in [1.29, 1.82) is 0 Å². The van der Waals surface area contributed by atoms with Crippen LogP contribution in [-0.2, 0) is 11.4 Å². The number of anilines is 1. The summed E-state index contributed by atoms with van der Waals surface area (Å²) in [7, 11) is 0. The molecule has 0 saturated carbocycles. The number of aryl methyl sites for hydroxylation is 1. The maximum absolute atomic E-state index is 13.7. The highest BCUT2D eigenvalue weighted by Gasteiger charge is 2.12. The molecule has 0 aliphatic rings. The maximum atomic E-state index is 13.7. The van der Waals surface area contributed by atoms with E-state index in [2.05, 4.69) is 31.4 Å². The monoisotopic (exact) mass is 465 g/mol. The van der Waals surface area contributed by atoms with E-state index < -0.39 is 5.82 Å². The van der Waals surface area contributed by atoms with Crippen molar-refractivity contribution in [2.45, 2.75) is 25.7 Å². The molecule has 0 spiro atoms. The zero-order chi connectivity index (χ0) is 20.1. The molecule has 146 valence electrons. The standard InChI is InChI=1S/C19H17BrFN3O3S/c1-11-4-3-5-16(12(11)2)26-9-18-23-24-19(27-18)28-10-17(25)22-15-7-6-13(20)8-14(15)21/h3-8H,9-10H2,1-2H3,(H,22,25). The van der Waals surface area contributed by atoms with Crippen LogP contribution in [0.2, 0.25) is 0 Å². The molecular weight excluding hydrogens is 449 g/mol. The highest BCUT2D eigenvalue weighted by molar-refractivity contribution is 9.10. The summed E-state index contributed by atoms with van der Waals surface area (Å²) in [6.45, 7) is 4.12. The normalized spacial score (nSPS) is 10.7. The summed E-state index contributed by atoms with van der Waals surface area (Å²) in [5.74, 6) is 0.176. The van der Waals surface area contributed by atoms with Crippen molar-refractivity contribution >= 4 is 39.3 Å². The van der Waals surface area contributed by atoms with Gasteiger partial charge < -0.3 is 14.5 Å². The first kappa shape index (κ1) is 20.3. The lowest BCUT2D eigenvalue weighted by Crippen LogP contribution is -2.15. The number of hydrogen-bond donors (Lipinski definition) is 1. The highest BCUT2D eigenvalue weighted by Crippen LogP contribution is 2.23. The van der Waals surface area contributed by atoms with Crippen molar-refractivity contribution in [2.75, 3.05) is 11.1 Å². The van der Waals surface area contributed by atoms with Gasteiger partial charge in [0.1, 0.15) is 11.6 Å². The molecule has 3 aromatic rings. The molecule has 6 nitrogen and oxygen atoms in total. The fraction of sp³-hybridized carbons (Fsp3) is 0.211. The Morgan fingerprint density at radius 1 is 1.29 bits per heavy atom. The smallest absolute Gasteiger partial charge is 0.277 e. The molecular formula is C19H17BrFN3O3S. The molecule has 0 unspecified atom stereocenters. The molecule has 0 atom stereocenters. The van der Waals surface area contributed by atoms with Gasteiger partial charge in [-0.2, -0.15) is 0 Å². The Kier molecular flexibility index (Phi) is 6.69. The second-order valence-corrected chi connectivity index (χ2v) is 7.75. The van der Waals surface area contributed by atoms with Gasteiger partial charge in [-0.05, 0) is 49.2 Å². The third kappa shape index (κ3) is 5.32. The molecule has 0 fully saturated rings. The second-order valence-electron chi connectivity index (χ2n) is 5.91. The zero-order valence-corrected chi connectivity index (χ0v) is 17.6. The SMILES string of the molecule is Cc1cccc(OCc2nnc(SCC(=O)Nc3ccc(Br)cc3F)o2)c1C. The molecule has 0 saturated heterocycles. The largest absolute Gasteiger partial charge is 0.484 e. The Balaban J connectivity index is 1.50. The van der Waals surface area contributed by atoms with Gasteiger partial charge in [0.25, 0.3) is 11.1 Å². The number of hydrogen-bond acceptors (Lipinski definition) is 6. The number of carbonyl (C=O) groups excluding carboxylic acids is 1. The maximum Gasteiger partial charge on any atom is 0.277 e. The number of carbonyl (C=O) groups is 1. The summed E-state index contributed by atoms with van der Waals surface area (Å²) in [6.07, 6.45) is 0. The lowest BCUT2D eigenvalue weighted by Gasteiger charge is -2.08. The van der Waals surface area contributed by atoms with E-state index in [9.17, 15) is 9.18 Å². The van der Waals surface area contributed by atoms with Gasteiger partial charge in [0.15, 0.2) is 6.61 Å². The summed E-state index contributed by atoms with van der Waals surface area (Å²) in [5, 5.41) is 10.5. The fourth-order valence-electron chi connectivity index (χ4n) is 2.28. The minimum atomic E-state index is -0.517. The average molecular weight is 466 g/mol. The minimum absolute atomic E-state index is 0.00891. The Hall–Kier alpha value is -2.39. The lowest BCUT2D eigenvalue weighted by atomic mass is 10.1. The van der Waals surface area contributed by atoms with E-state index in [1.807, 2.05) is 32.0 Å². The Labute approximate surface area is 174 Å². The lowest BCUT2D eigenvalue weighted by molar-refractivity contribution is -0.113. The Bertz CT molecular complexity index is 996. The van der Waals surface area contributed by atoms with Gasteiger partial charge in [-0.15, -0.1) is 10.2 Å². The van der Waals surface area contributed by atoms with Crippen LogP contribution >= 0.6 is 27.7 Å². The van der Waals surface area contributed by atoms with Gasteiger partial charge in [-0.3, -0.25) is 4.79 Å².